The van der Waals surface area contributed by atoms with Crippen LogP contribution in [0.5, 0.6) is 0 Å². The summed E-state index contributed by atoms with van der Waals surface area (Å²) in [6.07, 6.45) is 6.09. The van der Waals surface area contributed by atoms with Gasteiger partial charge in [-0.2, -0.15) is 0 Å². The summed E-state index contributed by atoms with van der Waals surface area (Å²) in [5.41, 5.74) is 0. The Balaban J connectivity index is 2.48. The Morgan fingerprint density at radius 1 is 1.38 bits per heavy atom. The molecule has 0 aliphatic heterocycles. The van der Waals surface area contributed by atoms with Crippen LogP contribution in [0.2, 0.25) is 18.8 Å². The van der Waals surface area contributed by atoms with Crippen molar-refractivity contribution >= 4 is 18.4 Å². The van der Waals surface area contributed by atoms with Crippen LogP contribution in [0, 0.1) is 0 Å². The molecular weight excluding hydrogens is 203 g/mol. The molecule has 0 fully saturated rings. The van der Waals surface area contributed by atoms with Crippen LogP contribution in [-0.4, -0.2) is 18.4 Å². The molecule has 0 N–H and O–H groups in total. The van der Waals surface area contributed by atoms with Crippen LogP contribution >= 0.6 is 0 Å². The molecule has 1 unspecified atom stereocenters. The summed E-state index contributed by atoms with van der Waals surface area (Å²) in [5, 5.41) is 0. The second-order valence-electron chi connectivity index (χ2n) is 3.64. The maximum absolute atomic E-state index is 2.50. The van der Waals surface area contributed by atoms with Crippen molar-refractivity contribution < 1.29 is 0 Å². The van der Waals surface area contributed by atoms with Crippen LogP contribution in [0.1, 0.15) is 6.42 Å². The minimum atomic E-state index is -1.41. The average Bonchev–Trinajstić information content (AvgIpc) is 1.16. The fourth-order valence-corrected chi connectivity index (χ4v) is 5.36. The molecule has 0 aromatic rings. The molecule has 0 heterocycles. The molecule has 1 aliphatic rings. The van der Waals surface area contributed by atoms with Crippen LogP contribution < -0.4 is 0 Å². The first-order valence-corrected chi connectivity index (χ1v) is 13.5. The van der Waals surface area contributed by atoms with Crippen LogP contribution in [0.15, 0.2) is 12.2 Å². The topological polar surface area (TPSA) is 0 Å². The van der Waals surface area contributed by atoms with Gasteiger partial charge >= 0.3 is 55.7 Å². The normalized spacial score (nSPS) is 27.6. The van der Waals surface area contributed by atoms with Crippen LogP contribution in [0.3, 0.4) is 0 Å². The Kier molecular flexibility index (Phi) is 1.71. The van der Waals surface area contributed by atoms with Crippen molar-refractivity contribution in [2.45, 2.75) is 25.2 Å². The van der Waals surface area contributed by atoms with E-state index in [1.54, 1.807) is 0 Å². The van der Waals surface area contributed by atoms with Gasteiger partial charge in [0.05, 0.1) is 0 Å². The van der Waals surface area contributed by atoms with Gasteiger partial charge in [-0.25, -0.2) is 0 Å². The molecule has 1 rings (SSSR count). The molecule has 0 aromatic heterocycles. The first-order chi connectivity index (χ1) is 3.61. The van der Waals surface area contributed by atoms with Crippen molar-refractivity contribution in [1.29, 1.82) is 0 Å². The zero-order valence-corrected chi connectivity index (χ0v) is 8.79. The molecule has 46 valence electrons. The summed E-state index contributed by atoms with van der Waals surface area (Å²) >= 11 is -1.41. The number of hydrogen-bond donors (Lipinski definition) is 0. The number of rotatable bonds is 1. The Labute approximate surface area is 55.9 Å². The van der Waals surface area contributed by atoms with Gasteiger partial charge < -0.3 is 0 Å². The first kappa shape index (κ1) is 6.66. The average molecular weight is 217 g/mol. The summed E-state index contributed by atoms with van der Waals surface area (Å²) in [6.45, 7) is 0. The second-order valence-corrected chi connectivity index (χ2v) is 19.3. The van der Waals surface area contributed by atoms with Gasteiger partial charge in [0.25, 0.3) is 0 Å². The Bertz CT molecular complexity index is 108. The third-order valence-electron chi connectivity index (χ3n) is 1.87. The van der Waals surface area contributed by atoms with E-state index in [0.717, 1.165) is 3.93 Å². The molecular formula is C7H14Sn. The first-order valence-electron chi connectivity index (χ1n) is 3.27. The molecule has 0 bridgehead atoms. The van der Waals surface area contributed by atoms with E-state index in [-0.39, 0.29) is 0 Å². The van der Waals surface area contributed by atoms with Crippen molar-refractivity contribution in [3.05, 3.63) is 12.2 Å². The van der Waals surface area contributed by atoms with Gasteiger partial charge in [-0.3, -0.25) is 0 Å². The monoisotopic (exact) mass is 218 g/mol. The molecule has 0 saturated heterocycles. The molecule has 0 radical (unpaired) electrons. The molecule has 0 saturated carbocycles. The summed E-state index contributed by atoms with van der Waals surface area (Å²) < 4.78 is 1.06. The molecule has 0 aromatic carbocycles. The van der Waals surface area contributed by atoms with E-state index in [9.17, 15) is 0 Å². The SMILES string of the molecule is [CH3][Sn]([CH3])([CH3])[CH]1C=CC1. The molecule has 0 nitrogen and oxygen atoms in total. The van der Waals surface area contributed by atoms with Crippen molar-refractivity contribution in [3.8, 4) is 0 Å². The van der Waals surface area contributed by atoms with Crippen molar-refractivity contribution in [3.63, 3.8) is 0 Å². The van der Waals surface area contributed by atoms with Crippen molar-refractivity contribution in [1.82, 2.24) is 0 Å². The van der Waals surface area contributed by atoms with Crippen LogP contribution in [0.4, 0.5) is 0 Å². The van der Waals surface area contributed by atoms with Crippen LogP contribution in [-0.2, 0) is 0 Å². The molecule has 0 spiro atoms. The van der Waals surface area contributed by atoms with Gasteiger partial charge in [0.2, 0.25) is 0 Å². The standard InChI is InChI=1S/C4H5.3CH3.Sn/c1-2-4-3-1;;;;/h1-3H,4H2;3*1H3;. The van der Waals surface area contributed by atoms with Crippen LogP contribution in [0.25, 0.3) is 0 Å². The van der Waals surface area contributed by atoms with Crippen molar-refractivity contribution in [2.75, 3.05) is 0 Å². The summed E-state index contributed by atoms with van der Waals surface area (Å²) in [7, 11) is 0. The molecule has 1 aliphatic carbocycles. The summed E-state index contributed by atoms with van der Waals surface area (Å²) in [4.78, 5) is 7.51. The van der Waals surface area contributed by atoms with E-state index >= 15 is 0 Å². The molecule has 1 heteroatoms. The van der Waals surface area contributed by atoms with E-state index in [2.05, 4.69) is 27.0 Å². The fraction of sp³-hybridized carbons (Fsp3) is 0.714. The van der Waals surface area contributed by atoms with Gasteiger partial charge in [-0.1, -0.05) is 0 Å². The molecule has 8 heavy (non-hydrogen) atoms. The Hall–Kier alpha value is 0.539. The zero-order chi connectivity index (χ0) is 6.20. The van der Waals surface area contributed by atoms with E-state index in [1.165, 1.54) is 6.42 Å². The predicted octanol–water partition coefficient (Wildman–Crippen LogP) is 2.65. The van der Waals surface area contributed by atoms with E-state index in [0.29, 0.717) is 0 Å². The summed E-state index contributed by atoms with van der Waals surface area (Å²) in [6, 6.07) is 0. The number of hydrogen-bond acceptors (Lipinski definition) is 0. The van der Waals surface area contributed by atoms with Gasteiger partial charge in [0.1, 0.15) is 0 Å². The van der Waals surface area contributed by atoms with E-state index in [4.69, 9.17) is 0 Å². The third-order valence-corrected chi connectivity index (χ3v) is 9.44. The summed E-state index contributed by atoms with van der Waals surface area (Å²) in [5.74, 6) is 0. The molecule has 1 atom stereocenters. The second kappa shape index (κ2) is 2.05. The third kappa shape index (κ3) is 1.28. The Morgan fingerprint density at radius 2 is 1.88 bits per heavy atom. The van der Waals surface area contributed by atoms with Gasteiger partial charge in [-0.15, -0.1) is 0 Å². The predicted molar refractivity (Wildman–Crippen MR) is 40.9 cm³/mol. The van der Waals surface area contributed by atoms with E-state index in [1.807, 2.05) is 0 Å². The Morgan fingerprint density at radius 3 is 1.88 bits per heavy atom. The van der Waals surface area contributed by atoms with E-state index < -0.39 is 18.4 Å². The maximum atomic E-state index is 2.50. The minimum absolute atomic E-state index is 1.06. The zero-order valence-electron chi connectivity index (χ0n) is 5.94. The van der Waals surface area contributed by atoms with Gasteiger partial charge in [-0.05, 0) is 0 Å². The quantitative estimate of drug-likeness (QED) is 0.467. The fourth-order valence-electron chi connectivity index (χ4n) is 0.914. The van der Waals surface area contributed by atoms with Crippen molar-refractivity contribution in [2.24, 2.45) is 0 Å². The number of allylic oxidation sites excluding steroid dienone is 2. The molecule has 0 amide bonds. The van der Waals surface area contributed by atoms with Gasteiger partial charge in [0, 0.05) is 0 Å². The van der Waals surface area contributed by atoms with Gasteiger partial charge in [0.15, 0.2) is 0 Å².